The average Bonchev–Trinajstić information content (AvgIpc) is 2.83. The monoisotopic (exact) mass is 494 g/mol. The molecule has 0 aliphatic carbocycles. The minimum atomic E-state index is -3.48. The first kappa shape index (κ1) is 26.9. The molecule has 0 aromatic heterocycles. The summed E-state index contributed by atoms with van der Waals surface area (Å²) in [7, 11) is 3.05. The van der Waals surface area contributed by atoms with Crippen molar-refractivity contribution in [3.63, 3.8) is 0 Å². The second-order valence-corrected chi connectivity index (χ2v) is 11.4. The van der Waals surface area contributed by atoms with Crippen molar-refractivity contribution < 1.29 is 33.5 Å². The van der Waals surface area contributed by atoms with E-state index in [1.165, 1.54) is 9.34 Å². The van der Waals surface area contributed by atoms with Crippen LogP contribution in [0.2, 0.25) is 0 Å². The van der Waals surface area contributed by atoms with Crippen LogP contribution < -0.4 is 0 Å². The molecule has 2 aromatic rings. The van der Waals surface area contributed by atoms with Crippen molar-refractivity contribution in [2.24, 2.45) is 0 Å². The number of hydrogen-bond donors (Lipinski definition) is 2. The summed E-state index contributed by atoms with van der Waals surface area (Å²) in [5.74, 6) is 0. The van der Waals surface area contributed by atoms with Crippen LogP contribution in [0.3, 0.4) is 0 Å². The Morgan fingerprint density at radius 1 is 0.853 bits per heavy atom. The molecule has 0 saturated carbocycles. The highest BCUT2D eigenvalue weighted by Gasteiger charge is 2.49. The maximum Gasteiger partial charge on any atom is 0.347 e. The standard InChI is InChI=1S/C24H35N2O7P/c1-25(2)34(29,26(3)4)33-24-23(31-16-19-13-9-6-10-14-19)22(28)21(27)20(32-24)17-30-15-18-11-7-5-8-12-18/h5-14,20-24,27-28H,15-17H2,1-4H3/t20-,21+,22+,23-,24+/m1/s1. The SMILES string of the molecule is CN(C)P(=O)(O[C@@H]1O[C@H](COCc2ccccc2)[C@H](O)[C@H](O)[C@H]1OCc1ccccc1)N(C)C. The summed E-state index contributed by atoms with van der Waals surface area (Å²) in [5.41, 5.74) is 1.84. The van der Waals surface area contributed by atoms with E-state index in [-0.39, 0.29) is 13.2 Å². The zero-order valence-electron chi connectivity index (χ0n) is 20.1. The Morgan fingerprint density at radius 2 is 1.38 bits per heavy atom. The Hall–Kier alpha value is -1.65. The summed E-state index contributed by atoms with van der Waals surface area (Å²) < 4.78 is 40.0. The lowest BCUT2D eigenvalue weighted by Gasteiger charge is -2.44. The summed E-state index contributed by atoms with van der Waals surface area (Å²) >= 11 is 0. The van der Waals surface area contributed by atoms with Crippen LogP contribution in [-0.4, -0.2) is 85.1 Å². The van der Waals surface area contributed by atoms with E-state index in [0.717, 1.165) is 11.1 Å². The first-order valence-corrected chi connectivity index (χ1v) is 12.7. The summed E-state index contributed by atoms with van der Waals surface area (Å²) in [5, 5.41) is 21.7. The fourth-order valence-corrected chi connectivity index (χ4v) is 5.15. The highest BCUT2D eigenvalue weighted by Crippen LogP contribution is 2.53. The molecule has 1 heterocycles. The predicted molar refractivity (Wildman–Crippen MR) is 128 cm³/mol. The lowest BCUT2D eigenvalue weighted by atomic mass is 9.99. The smallest absolute Gasteiger partial charge is 0.347 e. The first-order valence-electron chi connectivity index (χ1n) is 11.1. The van der Waals surface area contributed by atoms with E-state index in [1.54, 1.807) is 28.2 Å². The molecule has 188 valence electrons. The number of nitrogens with zero attached hydrogens (tertiary/aromatic N) is 2. The molecule has 0 radical (unpaired) electrons. The fourth-order valence-electron chi connectivity index (χ4n) is 3.62. The Kier molecular flexibility index (Phi) is 9.79. The molecule has 1 saturated heterocycles. The minimum absolute atomic E-state index is 0.00656. The molecule has 2 N–H and O–H groups in total. The third-order valence-corrected chi connectivity index (χ3v) is 8.08. The molecule has 3 rings (SSSR count). The average molecular weight is 495 g/mol. The van der Waals surface area contributed by atoms with Crippen molar-refractivity contribution in [1.82, 2.24) is 9.34 Å². The molecular weight excluding hydrogens is 459 g/mol. The summed E-state index contributed by atoms with van der Waals surface area (Å²) in [6, 6.07) is 19.0. The molecule has 0 unspecified atom stereocenters. The van der Waals surface area contributed by atoms with Gasteiger partial charge in [-0.25, -0.2) is 9.34 Å². The number of benzene rings is 2. The zero-order chi connectivity index (χ0) is 24.7. The van der Waals surface area contributed by atoms with Crippen LogP contribution in [-0.2, 0) is 36.5 Å². The van der Waals surface area contributed by atoms with Gasteiger partial charge in [0.25, 0.3) is 0 Å². The summed E-state index contributed by atoms with van der Waals surface area (Å²) in [6.07, 6.45) is -5.81. The Bertz CT molecular complexity index is 902. The number of hydrogen-bond acceptors (Lipinski definition) is 7. The van der Waals surface area contributed by atoms with Crippen LogP contribution in [0.5, 0.6) is 0 Å². The lowest BCUT2D eigenvalue weighted by Crippen LogP contribution is -2.60. The first-order chi connectivity index (χ1) is 16.2. The molecule has 0 spiro atoms. The summed E-state index contributed by atoms with van der Waals surface area (Å²) in [6.45, 7) is 0.478. The quantitative estimate of drug-likeness (QED) is 0.456. The van der Waals surface area contributed by atoms with Gasteiger partial charge in [0.05, 0.1) is 19.8 Å². The van der Waals surface area contributed by atoms with E-state index in [2.05, 4.69) is 0 Å². The minimum Gasteiger partial charge on any atom is -0.387 e. The summed E-state index contributed by atoms with van der Waals surface area (Å²) in [4.78, 5) is 0. The maximum atomic E-state index is 13.5. The van der Waals surface area contributed by atoms with Gasteiger partial charge in [0.1, 0.15) is 24.4 Å². The van der Waals surface area contributed by atoms with E-state index < -0.39 is 38.4 Å². The molecule has 34 heavy (non-hydrogen) atoms. The van der Waals surface area contributed by atoms with E-state index in [1.807, 2.05) is 60.7 Å². The van der Waals surface area contributed by atoms with Crippen LogP contribution in [0.4, 0.5) is 0 Å². The molecule has 5 atom stereocenters. The molecule has 1 aliphatic rings. The van der Waals surface area contributed by atoms with Gasteiger partial charge in [-0.3, -0.25) is 9.09 Å². The molecule has 1 fully saturated rings. The van der Waals surface area contributed by atoms with Crippen LogP contribution in [0.1, 0.15) is 11.1 Å². The van der Waals surface area contributed by atoms with Gasteiger partial charge in [0.15, 0.2) is 6.29 Å². The van der Waals surface area contributed by atoms with E-state index in [9.17, 15) is 14.8 Å². The fraction of sp³-hybridized carbons (Fsp3) is 0.500. The molecule has 9 nitrogen and oxygen atoms in total. The number of rotatable bonds is 11. The van der Waals surface area contributed by atoms with Gasteiger partial charge in [-0.2, -0.15) is 0 Å². The van der Waals surface area contributed by atoms with Crippen LogP contribution in [0.15, 0.2) is 60.7 Å². The van der Waals surface area contributed by atoms with Crippen molar-refractivity contribution in [3.05, 3.63) is 71.8 Å². The Morgan fingerprint density at radius 3 is 1.91 bits per heavy atom. The van der Waals surface area contributed by atoms with Crippen molar-refractivity contribution in [1.29, 1.82) is 0 Å². The third kappa shape index (κ3) is 6.73. The van der Waals surface area contributed by atoms with Crippen LogP contribution in [0, 0.1) is 0 Å². The Labute approximate surface area is 201 Å². The molecule has 0 amide bonds. The van der Waals surface area contributed by atoms with Gasteiger partial charge in [-0.05, 0) is 39.3 Å². The zero-order valence-corrected chi connectivity index (χ0v) is 21.0. The number of aliphatic hydroxyl groups excluding tert-OH is 2. The lowest BCUT2D eigenvalue weighted by molar-refractivity contribution is -0.293. The molecule has 0 bridgehead atoms. The van der Waals surface area contributed by atoms with E-state index in [0.29, 0.717) is 6.61 Å². The molecule has 2 aromatic carbocycles. The third-order valence-electron chi connectivity index (χ3n) is 5.58. The second kappa shape index (κ2) is 12.4. The molecular formula is C24H35N2O7P. The predicted octanol–water partition coefficient (Wildman–Crippen LogP) is 2.48. The van der Waals surface area contributed by atoms with Crippen molar-refractivity contribution >= 4 is 7.67 Å². The second-order valence-electron chi connectivity index (χ2n) is 8.58. The Balaban J connectivity index is 1.75. The molecule has 10 heteroatoms. The van der Waals surface area contributed by atoms with Gasteiger partial charge >= 0.3 is 7.67 Å². The van der Waals surface area contributed by atoms with Gasteiger partial charge < -0.3 is 24.4 Å². The largest absolute Gasteiger partial charge is 0.387 e. The number of aliphatic hydroxyl groups is 2. The molecule has 1 aliphatic heterocycles. The van der Waals surface area contributed by atoms with Crippen LogP contribution >= 0.6 is 7.67 Å². The highest BCUT2D eigenvalue weighted by molar-refractivity contribution is 7.53. The van der Waals surface area contributed by atoms with Crippen molar-refractivity contribution in [3.8, 4) is 0 Å². The van der Waals surface area contributed by atoms with Gasteiger partial charge in [-0.15, -0.1) is 0 Å². The maximum absolute atomic E-state index is 13.5. The number of ether oxygens (including phenoxy) is 3. The highest BCUT2D eigenvalue weighted by atomic mass is 31.2. The van der Waals surface area contributed by atoms with Crippen LogP contribution in [0.25, 0.3) is 0 Å². The van der Waals surface area contributed by atoms with Gasteiger partial charge in [0, 0.05) is 0 Å². The van der Waals surface area contributed by atoms with E-state index in [4.69, 9.17) is 18.7 Å². The van der Waals surface area contributed by atoms with Gasteiger partial charge in [-0.1, -0.05) is 60.7 Å². The topological polar surface area (TPSA) is 101 Å². The van der Waals surface area contributed by atoms with Gasteiger partial charge in [0.2, 0.25) is 0 Å². The van der Waals surface area contributed by atoms with Crippen molar-refractivity contribution in [2.75, 3.05) is 34.8 Å². The normalized spacial score (nSPS) is 25.7. The van der Waals surface area contributed by atoms with Crippen molar-refractivity contribution in [2.45, 2.75) is 43.9 Å². The van der Waals surface area contributed by atoms with E-state index >= 15 is 0 Å².